The van der Waals surface area contributed by atoms with Crippen LogP contribution in [0.2, 0.25) is 0 Å². The second-order valence-corrected chi connectivity index (χ2v) is 7.62. The summed E-state index contributed by atoms with van der Waals surface area (Å²) in [5, 5.41) is 0. The molecule has 1 N–H and O–H groups in total. The highest BCUT2D eigenvalue weighted by molar-refractivity contribution is 5.59. The Balaban J connectivity index is 1.32. The van der Waals surface area contributed by atoms with Gasteiger partial charge in [-0.05, 0) is 36.4 Å². The lowest BCUT2D eigenvalue weighted by molar-refractivity contribution is -0.137. The molecular weight excluding hydrogens is 423 g/mol. The SMILES string of the molecule is O=c1[nH]c(-c2ccco2)nc2c1CN(Cc1ccc(-c3cccc(C(F)(F)F)c3)o1)CC2. The molecule has 0 unspecified atom stereocenters. The van der Waals surface area contributed by atoms with Gasteiger partial charge >= 0.3 is 6.18 Å². The van der Waals surface area contributed by atoms with Gasteiger partial charge in [0, 0.05) is 25.1 Å². The van der Waals surface area contributed by atoms with Crippen LogP contribution in [0.25, 0.3) is 22.9 Å². The molecule has 1 aromatic carbocycles. The first-order chi connectivity index (χ1) is 15.4. The van der Waals surface area contributed by atoms with Gasteiger partial charge in [-0.15, -0.1) is 0 Å². The maximum Gasteiger partial charge on any atom is 0.416 e. The van der Waals surface area contributed by atoms with E-state index in [2.05, 4.69) is 9.97 Å². The van der Waals surface area contributed by atoms with E-state index in [1.165, 1.54) is 12.3 Å². The van der Waals surface area contributed by atoms with Crippen molar-refractivity contribution >= 4 is 0 Å². The van der Waals surface area contributed by atoms with Crippen molar-refractivity contribution in [3.63, 3.8) is 0 Å². The zero-order chi connectivity index (χ0) is 22.3. The molecule has 0 radical (unpaired) electrons. The number of nitrogens with one attached hydrogen (secondary N) is 1. The maximum absolute atomic E-state index is 13.0. The molecule has 1 aliphatic rings. The van der Waals surface area contributed by atoms with Gasteiger partial charge in [0.25, 0.3) is 5.56 Å². The van der Waals surface area contributed by atoms with Crippen LogP contribution in [-0.4, -0.2) is 21.4 Å². The molecule has 164 valence electrons. The summed E-state index contributed by atoms with van der Waals surface area (Å²) in [6.45, 7) is 1.49. The van der Waals surface area contributed by atoms with Crippen molar-refractivity contribution in [3.05, 3.63) is 87.7 Å². The summed E-state index contributed by atoms with van der Waals surface area (Å²) < 4.78 is 50.1. The molecule has 32 heavy (non-hydrogen) atoms. The van der Waals surface area contributed by atoms with E-state index in [1.54, 1.807) is 30.3 Å². The van der Waals surface area contributed by atoms with E-state index in [-0.39, 0.29) is 5.56 Å². The fourth-order valence-electron chi connectivity index (χ4n) is 3.83. The number of nitrogens with zero attached hydrogens (tertiary/aromatic N) is 2. The lowest BCUT2D eigenvalue weighted by atomic mass is 10.1. The Morgan fingerprint density at radius 3 is 2.75 bits per heavy atom. The number of H-pyrrole nitrogens is 1. The lowest BCUT2D eigenvalue weighted by Gasteiger charge is -2.26. The molecular formula is C23H18F3N3O3. The highest BCUT2D eigenvalue weighted by atomic mass is 19.4. The van der Waals surface area contributed by atoms with E-state index in [0.717, 1.165) is 17.8 Å². The molecule has 0 saturated carbocycles. The van der Waals surface area contributed by atoms with Gasteiger partial charge in [-0.25, -0.2) is 4.98 Å². The lowest BCUT2D eigenvalue weighted by Crippen LogP contribution is -2.35. The number of halogens is 3. The minimum atomic E-state index is -4.41. The number of benzene rings is 1. The van der Waals surface area contributed by atoms with Crippen molar-refractivity contribution < 1.29 is 22.0 Å². The van der Waals surface area contributed by atoms with E-state index in [4.69, 9.17) is 8.83 Å². The molecule has 4 aromatic rings. The van der Waals surface area contributed by atoms with Crippen LogP contribution < -0.4 is 5.56 Å². The number of alkyl halides is 3. The number of aromatic nitrogens is 2. The Morgan fingerprint density at radius 2 is 1.97 bits per heavy atom. The summed E-state index contributed by atoms with van der Waals surface area (Å²) in [5.41, 5.74) is 0.759. The smallest absolute Gasteiger partial charge is 0.416 e. The van der Waals surface area contributed by atoms with E-state index in [0.29, 0.717) is 60.3 Å². The minimum absolute atomic E-state index is 0.213. The van der Waals surface area contributed by atoms with Crippen LogP contribution >= 0.6 is 0 Å². The summed E-state index contributed by atoms with van der Waals surface area (Å²) in [5.74, 6) is 1.89. The third-order valence-corrected chi connectivity index (χ3v) is 5.42. The topological polar surface area (TPSA) is 75.3 Å². The summed E-state index contributed by atoms with van der Waals surface area (Å²) in [7, 11) is 0. The van der Waals surface area contributed by atoms with Gasteiger partial charge in [0.2, 0.25) is 0 Å². The summed E-state index contributed by atoms with van der Waals surface area (Å²) in [6, 6.07) is 11.9. The molecule has 0 fully saturated rings. The summed E-state index contributed by atoms with van der Waals surface area (Å²) in [6.07, 6.45) is -2.30. The largest absolute Gasteiger partial charge is 0.461 e. The van der Waals surface area contributed by atoms with Crippen LogP contribution in [0.3, 0.4) is 0 Å². The van der Waals surface area contributed by atoms with Crippen LogP contribution in [0.15, 0.2) is 68.4 Å². The molecule has 0 spiro atoms. The van der Waals surface area contributed by atoms with Crippen LogP contribution in [0.4, 0.5) is 13.2 Å². The molecule has 1 aliphatic heterocycles. The van der Waals surface area contributed by atoms with Crippen molar-refractivity contribution in [2.24, 2.45) is 0 Å². The third-order valence-electron chi connectivity index (χ3n) is 5.42. The highest BCUT2D eigenvalue weighted by Crippen LogP contribution is 2.33. The predicted molar refractivity (Wildman–Crippen MR) is 110 cm³/mol. The molecule has 0 saturated heterocycles. The molecule has 9 heteroatoms. The van der Waals surface area contributed by atoms with Gasteiger partial charge in [-0.1, -0.05) is 12.1 Å². The van der Waals surface area contributed by atoms with Crippen LogP contribution in [0, 0.1) is 0 Å². The van der Waals surface area contributed by atoms with Crippen LogP contribution in [0.5, 0.6) is 0 Å². The first-order valence-electron chi connectivity index (χ1n) is 10.0. The van der Waals surface area contributed by atoms with Crippen LogP contribution in [-0.2, 0) is 25.7 Å². The Labute approximate surface area is 180 Å². The average molecular weight is 441 g/mol. The van der Waals surface area contributed by atoms with Gasteiger partial charge in [-0.3, -0.25) is 9.69 Å². The molecule has 6 nitrogen and oxygen atoms in total. The van der Waals surface area contributed by atoms with Crippen molar-refractivity contribution in [1.29, 1.82) is 0 Å². The van der Waals surface area contributed by atoms with Gasteiger partial charge in [0.1, 0.15) is 11.5 Å². The molecule has 0 bridgehead atoms. The molecule has 3 aromatic heterocycles. The standard InChI is InChI=1S/C23H18F3N3O3/c24-23(25,26)15-4-1-3-14(11-15)19-7-6-16(32-19)12-29-9-8-18-17(13-29)22(30)28-21(27-18)20-5-2-10-31-20/h1-7,10-11H,8-9,12-13H2,(H,27,28,30). The second kappa shape index (κ2) is 7.83. The van der Waals surface area contributed by atoms with Crippen LogP contribution in [0.1, 0.15) is 22.6 Å². The van der Waals surface area contributed by atoms with Crippen molar-refractivity contribution in [2.75, 3.05) is 6.54 Å². The minimum Gasteiger partial charge on any atom is -0.461 e. The van der Waals surface area contributed by atoms with Gasteiger partial charge in [0.05, 0.1) is 29.6 Å². The van der Waals surface area contributed by atoms with Gasteiger partial charge in [0.15, 0.2) is 11.6 Å². The molecule has 5 rings (SSSR count). The predicted octanol–water partition coefficient (Wildman–Crippen LogP) is 4.87. The maximum atomic E-state index is 13.0. The number of fused-ring (bicyclic) bond motifs is 1. The first kappa shape index (κ1) is 20.3. The highest BCUT2D eigenvalue weighted by Gasteiger charge is 2.30. The quantitative estimate of drug-likeness (QED) is 0.489. The van der Waals surface area contributed by atoms with Crippen molar-refractivity contribution in [1.82, 2.24) is 14.9 Å². The number of hydrogen-bond donors (Lipinski definition) is 1. The number of hydrogen-bond acceptors (Lipinski definition) is 5. The first-order valence-corrected chi connectivity index (χ1v) is 10.0. The molecule has 0 atom stereocenters. The number of aromatic amines is 1. The van der Waals surface area contributed by atoms with Crippen molar-refractivity contribution in [3.8, 4) is 22.9 Å². The Morgan fingerprint density at radius 1 is 1.09 bits per heavy atom. The fraction of sp³-hybridized carbons (Fsp3) is 0.217. The van der Waals surface area contributed by atoms with E-state index < -0.39 is 11.7 Å². The van der Waals surface area contributed by atoms with Gasteiger partial charge < -0.3 is 13.8 Å². The molecule has 4 heterocycles. The van der Waals surface area contributed by atoms with E-state index in [1.807, 2.05) is 4.90 Å². The summed E-state index contributed by atoms with van der Waals surface area (Å²) in [4.78, 5) is 21.9. The van der Waals surface area contributed by atoms with Gasteiger partial charge in [-0.2, -0.15) is 13.2 Å². The Bertz CT molecular complexity index is 1310. The third kappa shape index (κ3) is 3.99. The number of furan rings is 2. The average Bonchev–Trinajstić information content (AvgIpc) is 3.46. The Hall–Kier alpha value is -3.59. The zero-order valence-electron chi connectivity index (χ0n) is 16.8. The molecule has 0 amide bonds. The monoisotopic (exact) mass is 441 g/mol. The Kier molecular flexibility index (Phi) is 4.97. The normalized spacial score (nSPS) is 14.5. The van der Waals surface area contributed by atoms with E-state index in [9.17, 15) is 18.0 Å². The summed E-state index contributed by atoms with van der Waals surface area (Å²) >= 11 is 0. The van der Waals surface area contributed by atoms with E-state index >= 15 is 0 Å². The zero-order valence-corrected chi connectivity index (χ0v) is 16.8. The number of rotatable bonds is 4. The van der Waals surface area contributed by atoms with Crippen molar-refractivity contribution in [2.45, 2.75) is 25.7 Å². The fourth-order valence-corrected chi connectivity index (χ4v) is 3.83. The molecule has 0 aliphatic carbocycles. The second-order valence-electron chi connectivity index (χ2n) is 7.62.